The van der Waals surface area contributed by atoms with Gasteiger partial charge in [-0.1, -0.05) is 48.9 Å². The van der Waals surface area contributed by atoms with Gasteiger partial charge in [-0.3, -0.25) is 4.98 Å². The number of fused-ring (bicyclic) bond motifs is 1. The van der Waals surface area contributed by atoms with Crippen LogP contribution in [0.15, 0.2) is 60.9 Å². The third-order valence-corrected chi connectivity index (χ3v) is 6.60. The van der Waals surface area contributed by atoms with Crippen molar-refractivity contribution in [2.24, 2.45) is 5.73 Å². The van der Waals surface area contributed by atoms with Gasteiger partial charge in [0.2, 0.25) is 0 Å². The molecule has 1 heterocycles. The van der Waals surface area contributed by atoms with E-state index in [0.717, 1.165) is 48.6 Å². The van der Waals surface area contributed by atoms with E-state index in [0.29, 0.717) is 5.02 Å². The Kier molecular flexibility index (Phi) is 5.56. The molecule has 0 aliphatic heterocycles. The van der Waals surface area contributed by atoms with Crippen molar-refractivity contribution in [1.29, 1.82) is 0 Å². The van der Waals surface area contributed by atoms with E-state index in [2.05, 4.69) is 42.2 Å². The van der Waals surface area contributed by atoms with Crippen molar-refractivity contribution in [3.63, 3.8) is 0 Å². The summed E-state index contributed by atoms with van der Waals surface area (Å²) in [6.07, 6.45) is 8.79. The summed E-state index contributed by atoms with van der Waals surface area (Å²) in [6, 6.07) is 16.9. The first-order chi connectivity index (χ1) is 13.6. The molecule has 0 spiro atoms. The third-order valence-electron chi connectivity index (χ3n) is 6.31. The zero-order chi connectivity index (χ0) is 19.6. The summed E-state index contributed by atoms with van der Waals surface area (Å²) in [4.78, 5) is 4.16. The molecule has 4 heteroatoms. The molecular formula is C24H27ClN2O. The minimum atomic E-state index is 0.0364. The SMILES string of the molecule is CC[C@H](N)C1(c2ccccc2)CCC(Oc2cc3ccncc3cc2Cl)CC1. The Morgan fingerprint density at radius 1 is 1.14 bits per heavy atom. The van der Waals surface area contributed by atoms with E-state index in [9.17, 15) is 0 Å². The molecule has 3 aromatic rings. The summed E-state index contributed by atoms with van der Waals surface area (Å²) in [5.74, 6) is 0.761. The molecule has 1 fully saturated rings. The van der Waals surface area contributed by atoms with Crippen LogP contribution in [0.3, 0.4) is 0 Å². The molecular weight excluding hydrogens is 368 g/mol. The summed E-state index contributed by atoms with van der Waals surface area (Å²) in [5, 5.41) is 2.77. The Balaban J connectivity index is 1.52. The zero-order valence-corrected chi connectivity index (χ0v) is 17.0. The molecule has 4 rings (SSSR count). The second-order valence-corrected chi connectivity index (χ2v) is 8.27. The first-order valence-corrected chi connectivity index (χ1v) is 10.5. The molecule has 0 amide bonds. The van der Waals surface area contributed by atoms with Gasteiger partial charge in [0.25, 0.3) is 0 Å². The van der Waals surface area contributed by atoms with Crippen LogP contribution in [0, 0.1) is 0 Å². The Morgan fingerprint density at radius 2 is 1.89 bits per heavy atom. The number of halogens is 1. The maximum absolute atomic E-state index is 6.63. The van der Waals surface area contributed by atoms with Crippen molar-refractivity contribution < 1.29 is 4.74 Å². The molecule has 0 radical (unpaired) electrons. The maximum Gasteiger partial charge on any atom is 0.138 e. The molecule has 2 aromatic carbocycles. The van der Waals surface area contributed by atoms with Crippen LogP contribution in [0.1, 0.15) is 44.6 Å². The summed E-state index contributed by atoms with van der Waals surface area (Å²) in [6.45, 7) is 2.18. The fourth-order valence-corrected chi connectivity index (χ4v) is 4.83. The Hall–Kier alpha value is -2.10. The summed E-state index contributed by atoms with van der Waals surface area (Å²) < 4.78 is 6.34. The Labute approximate surface area is 171 Å². The minimum Gasteiger partial charge on any atom is -0.489 e. The quantitative estimate of drug-likeness (QED) is 0.587. The smallest absolute Gasteiger partial charge is 0.138 e. The summed E-state index contributed by atoms with van der Waals surface area (Å²) in [7, 11) is 0. The molecule has 2 N–H and O–H groups in total. The van der Waals surface area contributed by atoms with Crippen LogP contribution in [0.25, 0.3) is 10.8 Å². The highest BCUT2D eigenvalue weighted by Crippen LogP contribution is 2.44. The molecule has 0 unspecified atom stereocenters. The lowest BCUT2D eigenvalue weighted by atomic mass is 9.64. The monoisotopic (exact) mass is 394 g/mol. The Morgan fingerprint density at radius 3 is 2.61 bits per heavy atom. The number of benzene rings is 2. The fraction of sp³-hybridized carbons (Fsp3) is 0.375. The van der Waals surface area contributed by atoms with Crippen LogP contribution < -0.4 is 10.5 Å². The van der Waals surface area contributed by atoms with E-state index in [1.165, 1.54) is 5.56 Å². The van der Waals surface area contributed by atoms with Gasteiger partial charge < -0.3 is 10.5 Å². The largest absolute Gasteiger partial charge is 0.489 e. The molecule has 3 nitrogen and oxygen atoms in total. The van der Waals surface area contributed by atoms with Gasteiger partial charge in [0, 0.05) is 29.2 Å². The molecule has 28 heavy (non-hydrogen) atoms. The van der Waals surface area contributed by atoms with E-state index in [1.807, 2.05) is 24.4 Å². The molecule has 0 bridgehead atoms. The van der Waals surface area contributed by atoms with E-state index >= 15 is 0 Å². The number of aromatic nitrogens is 1. The van der Waals surface area contributed by atoms with Crippen LogP contribution in [-0.4, -0.2) is 17.1 Å². The summed E-state index contributed by atoms with van der Waals surface area (Å²) in [5.41, 5.74) is 8.03. The van der Waals surface area contributed by atoms with E-state index in [-0.39, 0.29) is 17.6 Å². The molecule has 1 aliphatic carbocycles. The molecule has 146 valence electrons. The molecule has 1 atom stereocenters. The highest BCUT2D eigenvalue weighted by Gasteiger charge is 2.41. The number of hydrogen-bond donors (Lipinski definition) is 1. The molecule has 1 saturated carbocycles. The minimum absolute atomic E-state index is 0.0364. The van der Waals surface area contributed by atoms with Gasteiger partial charge in [0.1, 0.15) is 5.75 Å². The summed E-state index contributed by atoms with van der Waals surface area (Å²) >= 11 is 6.47. The second kappa shape index (κ2) is 8.10. The Bertz CT molecular complexity index is 936. The number of nitrogens with two attached hydrogens (primary N) is 1. The predicted octanol–water partition coefficient (Wildman–Crippen LogP) is 5.88. The van der Waals surface area contributed by atoms with E-state index < -0.39 is 0 Å². The lowest BCUT2D eigenvalue weighted by Crippen LogP contribution is -2.48. The van der Waals surface area contributed by atoms with Crippen molar-refractivity contribution >= 4 is 22.4 Å². The predicted molar refractivity (Wildman–Crippen MR) is 116 cm³/mol. The number of ether oxygens (including phenoxy) is 1. The lowest BCUT2D eigenvalue weighted by Gasteiger charge is -2.44. The van der Waals surface area contributed by atoms with Gasteiger partial charge >= 0.3 is 0 Å². The van der Waals surface area contributed by atoms with Crippen molar-refractivity contribution in [3.8, 4) is 5.75 Å². The van der Waals surface area contributed by atoms with E-state index in [4.69, 9.17) is 22.1 Å². The zero-order valence-electron chi connectivity index (χ0n) is 16.3. The van der Waals surface area contributed by atoms with Crippen LogP contribution in [0.5, 0.6) is 5.75 Å². The first-order valence-electron chi connectivity index (χ1n) is 10.1. The van der Waals surface area contributed by atoms with Crippen LogP contribution >= 0.6 is 11.6 Å². The average molecular weight is 395 g/mol. The van der Waals surface area contributed by atoms with Gasteiger partial charge in [-0.2, -0.15) is 0 Å². The van der Waals surface area contributed by atoms with Gasteiger partial charge in [0.05, 0.1) is 11.1 Å². The molecule has 1 aliphatic rings. The number of nitrogens with zero attached hydrogens (tertiary/aromatic N) is 1. The van der Waals surface area contributed by atoms with Crippen molar-refractivity contribution in [2.75, 3.05) is 0 Å². The average Bonchev–Trinajstić information content (AvgIpc) is 2.75. The number of pyridine rings is 1. The highest BCUT2D eigenvalue weighted by molar-refractivity contribution is 6.32. The lowest BCUT2D eigenvalue weighted by molar-refractivity contribution is 0.104. The van der Waals surface area contributed by atoms with Gasteiger partial charge in [-0.05, 0) is 61.3 Å². The molecule has 0 saturated heterocycles. The molecule has 1 aromatic heterocycles. The van der Waals surface area contributed by atoms with Crippen LogP contribution in [0.4, 0.5) is 0 Å². The van der Waals surface area contributed by atoms with Gasteiger partial charge in [0.15, 0.2) is 0 Å². The maximum atomic E-state index is 6.63. The third kappa shape index (κ3) is 3.61. The fourth-order valence-electron chi connectivity index (χ4n) is 4.62. The first kappa shape index (κ1) is 19.2. The highest BCUT2D eigenvalue weighted by atomic mass is 35.5. The standard InChI is InChI=1S/C24H27ClN2O/c1-2-23(26)24(19-6-4-3-5-7-19)11-8-20(9-12-24)28-22-15-17-10-13-27-16-18(17)14-21(22)25/h3-7,10,13-16,20,23H,2,8-9,11-12,26H2,1H3/t20?,23-,24?/m0/s1. The normalized spacial score (nSPS) is 23.5. The van der Waals surface area contributed by atoms with Gasteiger partial charge in [-0.25, -0.2) is 0 Å². The van der Waals surface area contributed by atoms with Crippen molar-refractivity contribution in [1.82, 2.24) is 4.98 Å². The van der Waals surface area contributed by atoms with Crippen molar-refractivity contribution in [3.05, 3.63) is 71.5 Å². The van der Waals surface area contributed by atoms with E-state index in [1.54, 1.807) is 6.20 Å². The second-order valence-electron chi connectivity index (χ2n) is 7.86. The topological polar surface area (TPSA) is 48.1 Å². The number of rotatable bonds is 5. The van der Waals surface area contributed by atoms with Crippen LogP contribution in [0.2, 0.25) is 5.02 Å². The van der Waals surface area contributed by atoms with Crippen molar-refractivity contribution in [2.45, 2.75) is 56.6 Å². The van der Waals surface area contributed by atoms with Gasteiger partial charge in [-0.15, -0.1) is 0 Å². The van der Waals surface area contributed by atoms with Crippen LogP contribution in [-0.2, 0) is 5.41 Å². The number of hydrogen-bond acceptors (Lipinski definition) is 3.